The number of rotatable bonds is 3. The molecule has 0 saturated carbocycles. The fourth-order valence-corrected chi connectivity index (χ4v) is 3.20. The first-order chi connectivity index (χ1) is 7.81. The maximum absolute atomic E-state index is 11.0. The zero-order valence-corrected chi connectivity index (χ0v) is 9.49. The third-order valence-electron chi connectivity index (χ3n) is 1.77. The topological polar surface area (TPSA) is 75.1 Å². The van der Waals surface area contributed by atoms with E-state index in [0.717, 1.165) is 10.3 Å². The zero-order chi connectivity index (χ0) is 11.4. The van der Waals surface area contributed by atoms with Crippen LogP contribution in [0.3, 0.4) is 0 Å². The highest BCUT2D eigenvalue weighted by molar-refractivity contribution is 7.26. The van der Waals surface area contributed by atoms with Gasteiger partial charge < -0.3 is 4.84 Å². The number of carbonyl (C=O) groups is 1. The molecule has 0 aliphatic carbocycles. The summed E-state index contributed by atoms with van der Waals surface area (Å²) in [7, 11) is 0. The lowest BCUT2D eigenvalue weighted by Gasteiger charge is -1.87. The van der Waals surface area contributed by atoms with E-state index >= 15 is 0 Å². The summed E-state index contributed by atoms with van der Waals surface area (Å²) in [6.07, 6.45) is 2.88. The van der Waals surface area contributed by atoms with Gasteiger partial charge in [0.05, 0.1) is 4.70 Å². The van der Waals surface area contributed by atoms with Gasteiger partial charge in [-0.2, -0.15) is 0 Å². The van der Waals surface area contributed by atoms with Crippen molar-refractivity contribution in [1.82, 2.24) is 0 Å². The van der Waals surface area contributed by atoms with Crippen molar-refractivity contribution in [2.75, 3.05) is 0 Å². The van der Waals surface area contributed by atoms with Crippen LogP contribution in [0.1, 0.15) is 5.56 Å². The first-order valence-electron chi connectivity index (χ1n) is 4.19. The standard InChI is InChI=1S/C9H5N3O2S2/c10-11-12-14-8(13)2-1-6-5-16-7-3-4-15-9(6)7/h1-5H. The van der Waals surface area contributed by atoms with Crippen molar-refractivity contribution in [3.63, 3.8) is 0 Å². The highest BCUT2D eigenvalue weighted by Crippen LogP contribution is 2.31. The molecular weight excluding hydrogens is 246 g/mol. The van der Waals surface area contributed by atoms with Gasteiger partial charge in [-0.05, 0) is 23.1 Å². The van der Waals surface area contributed by atoms with Crippen LogP contribution in [0.5, 0.6) is 0 Å². The van der Waals surface area contributed by atoms with E-state index < -0.39 is 5.97 Å². The Labute approximate surface area is 98.2 Å². The van der Waals surface area contributed by atoms with Crippen molar-refractivity contribution in [3.05, 3.63) is 38.9 Å². The van der Waals surface area contributed by atoms with Crippen LogP contribution >= 0.6 is 22.7 Å². The Morgan fingerprint density at radius 3 is 3.25 bits per heavy atom. The van der Waals surface area contributed by atoms with E-state index in [2.05, 4.69) is 15.0 Å². The van der Waals surface area contributed by atoms with E-state index in [0.29, 0.717) is 0 Å². The molecule has 0 spiro atoms. The largest absolute Gasteiger partial charge is 0.355 e. The summed E-state index contributed by atoms with van der Waals surface area (Å²) in [5.41, 5.74) is 8.91. The van der Waals surface area contributed by atoms with Crippen LogP contribution in [0.4, 0.5) is 0 Å². The number of hydrogen-bond donors (Lipinski definition) is 0. The third-order valence-corrected chi connectivity index (χ3v) is 3.83. The summed E-state index contributed by atoms with van der Waals surface area (Å²) in [5.74, 6) is -0.686. The first kappa shape index (κ1) is 10.7. The van der Waals surface area contributed by atoms with E-state index in [1.807, 2.05) is 16.8 Å². The summed E-state index contributed by atoms with van der Waals surface area (Å²) < 4.78 is 2.32. The normalized spacial score (nSPS) is 10.5. The van der Waals surface area contributed by atoms with Gasteiger partial charge in [-0.15, -0.1) is 22.7 Å². The lowest BCUT2D eigenvalue weighted by molar-refractivity contribution is -0.137. The Bertz CT molecular complexity index is 593. The molecule has 16 heavy (non-hydrogen) atoms. The SMILES string of the molecule is [N-]=[N+]=NOC(=O)C=Cc1csc2ccsc12. The minimum Gasteiger partial charge on any atom is -0.355 e. The third kappa shape index (κ3) is 2.22. The highest BCUT2D eigenvalue weighted by Gasteiger charge is 2.02. The summed E-state index contributed by atoms with van der Waals surface area (Å²) in [6.45, 7) is 0. The monoisotopic (exact) mass is 251 g/mol. The molecule has 0 atom stereocenters. The molecule has 0 aliphatic heterocycles. The van der Waals surface area contributed by atoms with Gasteiger partial charge in [0.25, 0.3) is 0 Å². The molecule has 0 aromatic carbocycles. The van der Waals surface area contributed by atoms with Gasteiger partial charge in [0, 0.05) is 26.6 Å². The zero-order valence-electron chi connectivity index (χ0n) is 7.86. The number of thiophene rings is 2. The quantitative estimate of drug-likeness (QED) is 0.274. The highest BCUT2D eigenvalue weighted by atomic mass is 32.1. The van der Waals surface area contributed by atoms with E-state index in [9.17, 15) is 4.79 Å². The van der Waals surface area contributed by atoms with Gasteiger partial charge in [0.1, 0.15) is 5.28 Å². The van der Waals surface area contributed by atoms with Crippen LogP contribution in [-0.2, 0) is 9.63 Å². The molecule has 2 heterocycles. The van der Waals surface area contributed by atoms with Crippen LogP contribution in [-0.4, -0.2) is 5.97 Å². The van der Waals surface area contributed by atoms with E-state index in [4.69, 9.17) is 5.53 Å². The lowest BCUT2D eigenvalue weighted by Crippen LogP contribution is -1.91. The Morgan fingerprint density at radius 2 is 2.44 bits per heavy atom. The molecule has 0 saturated heterocycles. The van der Waals surface area contributed by atoms with Gasteiger partial charge in [-0.3, -0.25) is 0 Å². The fraction of sp³-hybridized carbons (Fsp3) is 0. The summed E-state index contributed by atoms with van der Waals surface area (Å²) in [5, 5.41) is 6.66. The van der Waals surface area contributed by atoms with Gasteiger partial charge in [-0.25, -0.2) is 4.79 Å². The molecule has 0 N–H and O–H groups in total. The maximum Gasteiger partial charge on any atom is 0.342 e. The molecule has 0 aliphatic rings. The number of azide groups is 1. The Hall–Kier alpha value is -1.82. The second-order valence-electron chi connectivity index (χ2n) is 2.72. The molecule has 5 nitrogen and oxygen atoms in total. The van der Waals surface area contributed by atoms with Crippen LogP contribution in [0.2, 0.25) is 0 Å². The number of hydrogen-bond acceptors (Lipinski definition) is 5. The molecule has 0 unspecified atom stereocenters. The smallest absolute Gasteiger partial charge is 0.342 e. The Kier molecular flexibility index (Phi) is 3.21. The molecule has 0 amide bonds. The summed E-state index contributed by atoms with van der Waals surface area (Å²) in [4.78, 5) is 17.5. The van der Waals surface area contributed by atoms with Crippen molar-refractivity contribution in [2.45, 2.75) is 0 Å². The van der Waals surface area contributed by atoms with Gasteiger partial charge in [0.2, 0.25) is 0 Å². The van der Waals surface area contributed by atoms with Crippen LogP contribution < -0.4 is 0 Å². The van der Waals surface area contributed by atoms with Crippen molar-refractivity contribution in [2.24, 2.45) is 5.28 Å². The van der Waals surface area contributed by atoms with Gasteiger partial charge >= 0.3 is 5.97 Å². The predicted molar refractivity (Wildman–Crippen MR) is 64.0 cm³/mol. The molecular formula is C9H5N3O2S2. The molecule has 2 rings (SSSR count). The van der Waals surface area contributed by atoms with E-state index in [-0.39, 0.29) is 0 Å². The Morgan fingerprint density at radius 1 is 1.56 bits per heavy atom. The predicted octanol–water partition coefficient (Wildman–Crippen LogP) is 3.74. The molecule has 0 bridgehead atoms. The van der Waals surface area contributed by atoms with Crippen molar-refractivity contribution in [3.8, 4) is 0 Å². The minimum absolute atomic E-state index is 0.686. The average Bonchev–Trinajstić information content (AvgIpc) is 2.86. The van der Waals surface area contributed by atoms with Crippen LogP contribution in [0.25, 0.3) is 25.9 Å². The van der Waals surface area contributed by atoms with Gasteiger partial charge in [0.15, 0.2) is 0 Å². The lowest BCUT2D eigenvalue weighted by atomic mass is 10.3. The molecule has 0 radical (unpaired) electrons. The van der Waals surface area contributed by atoms with Gasteiger partial charge in [-0.1, -0.05) is 0 Å². The van der Waals surface area contributed by atoms with Crippen molar-refractivity contribution < 1.29 is 9.63 Å². The minimum atomic E-state index is -0.686. The number of fused-ring (bicyclic) bond motifs is 1. The molecule has 7 heteroatoms. The van der Waals surface area contributed by atoms with Crippen molar-refractivity contribution >= 4 is 44.1 Å². The van der Waals surface area contributed by atoms with E-state index in [1.165, 1.54) is 10.8 Å². The first-order valence-corrected chi connectivity index (χ1v) is 5.95. The summed E-state index contributed by atoms with van der Waals surface area (Å²) >= 11 is 3.23. The number of nitrogens with zero attached hydrogens (tertiary/aromatic N) is 3. The Balaban J connectivity index is 2.15. The molecule has 2 aromatic heterocycles. The molecule has 80 valence electrons. The average molecular weight is 251 g/mol. The fourth-order valence-electron chi connectivity index (χ4n) is 1.14. The van der Waals surface area contributed by atoms with Crippen LogP contribution in [0, 0.1) is 0 Å². The van der Waals surface area contributed by atoms with Crippen LogP contribution in [0.15, 0.2) is 28.2 Å². The second kappa shape index (κ2) is 4.80. The maximum atomic E-state index is 11.0. The molecule has 2 aromatic rings. The number of carbonyl (C=O) groups excluding carboxylic acids is 1. The second-order valence-corrected chi connectivity index (χ2v) is 4.55. The van der Waals surface area contributed by atoms with E-state index in [1.54, 1.807) is 28.7 Å². The van der Waals surface area contributed by atoms with Crippen molar-refractivity contribution in [1.29, 1.82) is 0 Å². The summed E-state index contributed by atoms with van der Waals surface area (Å²) in [6, 6.07) is 2.03. The molecule has 0 fully saturated rings.